The minimum atomic E-state index is -0.0747. The van der Waals surface area contributed by atoms with Crippen molar-refractivity contribution in [3.63, 3.8) is 0 Å². The van der Waals surface area contributed by atoms with Gasteiger partial charge in [0.05, 0.1) is 18.3 Å². The molecule has 1 atom stereocenters. The van der Waals surface area contributed by atoms with Crippen LogP contribution in [-0.4, -0.2) is 65.2 Å². The number of halogens is 1. The van der Waals surface area contributed by atoms with Gasteiger partial charge in [0.1, 0.15) is 0 Å². The second-order valence-corrected chi connectivity index (χ2v) is 6.24. The van der Waals surface area contributed by atoms with Gasteiger partial charge in [-0.3, -0.25) is 4.79 Å². The molecular formula is C15H26ClN5O2. The number of carbonyl (C=O) groups is 1. The Morgan fingerprint density at radius 2 is 2.17 bits per heavy atom. The lowest BCUT2D eigenvalue weighted by Gasteiger charge is -2.27. The van der Waals surface area contributed by atoms with E-state index in [1.165, 1.54) is 6.42 Å². The van der Waals surface area contributed by atoms with E-state index in [4.69, 9.17) is 4.74 Å². The third-order valence-electron chi connectivity index (χ3n) is 4.51. The summed E-state index contributed by atoms with van der Waals surface area (Å²) >= 11 is 0. The maximum absolute atomic E-state index is 12.5. The first-order valence-electron chi connectivity index (χ1n) is 8.23. The molecule has 2 aliphatic heterocycles. The van der Waals surface area contributed by atoms with Crippen LogP contribution in [0.2, 0.25) is 0 Å². The third kappa shape index (κ3) is 4.65. The highest BCUT2D eigenvalue weighted by atomic mass is 35.5. The van der Waals surface area contributed by atoms with E-state index in [1.54, 1.807) is 11.1 Å². The number of aromatic nitrogens is 3. The summed E-state index contributed by atoms with van der Waals surface area (Å²) in [6.45, 7) is 3.41. The number of nitrogens with zero attached hydrogens (tertiary/aromatic N) is 4. The van der Waals surface area contributed by atoms with Crippen molar-refractivity contribution >= 4 is 18.3 Å². The van der Waals surface area contributed by atoms with Gasteiger partial charge >= 0.3 is 0 Å². The molecule has 0 spiro atoms. The van der Waals surface area contributed by atoms with Gasteiger partial charge in [-0.15, -0.1) is 17.5 Å². The Morgan fingerprint density at radius 3 is 2.87 bits per heavy atom. The second-order valence-electron chi connectivity index (χ2n) is 6.24. The third-order valence-corrected chi connectivity index (χ3v) is 4.51. The molecule has 3 heterocycles. The zero-order valence-electron chi connectivity index (χ0n) is 13.6. The van der Waals surface area contributed by atoms with E-state index in [0.29, 0.717) is 18.3 Å². The molecule has 8 heteroatoms. The van der Waals surface area contributed by atoms with Gasteiger partial charge in [0, 0.05) is 20.2 Å². The molecule has 0 bridgehead atoms. The van der Waals surface area contributed by atoms with E-state index < -0.39 is 0 Å². The summed E-state index contributed by atoms with van der Waals surface area (Å²) in [5.74, 6) is -0.0747. The molecule has 1 amide bonds. The van der Waals surface area contributed by atoms with E-state index in [2.05, 4.69) is 15.6 Å². The van der Waals surface area contributed by atoms with Gasteiger partial charge in [-0.25, -0.2) is 4.68 Å². The summed E-state index contributed by atoms with van der Waals surface area (Å²) in [7, 11) is 1.81. The zero-order chi connectivity index (χ0) is 15.4. The van der Waals surface area contributed by atoms with Crippen molar-refractivity contribution in [2.45, 2.75) is 44.2 Å². The van der Waals surface area contributed by atoms with E-state index in [9.17, 15) is 4.79 Å². The summed E-state index contributed by atoms with van der Waals surface area (Å²) in [6.07, 6.45) is 7.33. The van der Waals surface area contributed by atoms with Crippen molar-refractivity contribution in [3.05, 3.63) is 11.9 Å². The maximum Gasteiger partial charge on any atom is 0.275 e. The summed E-state index contributed by atoms with van der Waals surface area (Å²) in [4.78, 5) is 14.2. The molecule has 2 saturated heterocycles. The van der Waals surface area contributed by atoms with Crippen molar-refractivity contribution in [2.24, 2.45) is 0 Å². The van der Waals surface area contributed by atoms with Crippen LogP contribution in [0.25, 0.3) is 0 Å². The number of nitrogens with one attached hydrogen (secondary N) is 1. The van der Waals surface area contributed by atoms with Crippen LogP contribution >= 0.6 is 12.4 Å². The Hall–Kier alpha value is -1.18. The van der Waals surface area contributed by atoms with E-state index >= 15 is 0 Å². The number of hydrogen-bond acceptors (Lipinski definition) is 5. The van der Waals surface area contributed by atoms with Crippen LogP contribution in [0.5, 0.6) is 0 Å². The molecule has 0 radical (unpaired) electrons. The van der Waals surface area contributed by atoms with Crippen molar-refractivity contribution in [2.75, 3.05) is 33.3 Å². The molecule has 0 aromatic carbocycles. The van der Waals surface area contributed by atoms with Crippen LogP contribution in [0.3, 0.4) is 0 Å². The van der Waals surface area contributed by atoms with Crippen molar-refractivity contribution in [1.82, 2.24) is 25.2 Å². The van der Waals surface area contributed by atoms with Gasteiger partial charge in [-0.2, -0.15) is 0 Å². The Labute approximate surface area is 143 Å². The lowest BCUT2D eigenvalue weighted by atomic mass is 10.1. The van der Waals surface area contributed by atoms with Gasteiger partial charge < -0.3 is 15.0 Å². The van der Waals surface area contributed by atoms with Crippen LogP contribution < -0.4 is 5.32 Å². The van der Waals surface area contributed by atoms with Crippen LogP contribution in [-0.2, 0) is 4.74 Å². The number of likely N-dealkylation sites (N-methyl/N-ethyl adjacent to an activating group) is 1. The average molecular weight is 344 g/mol. The van der Waals surface area contributed by atoms with Gasteiger partial charge in [0.2, 0.25) is 0 Å². The highest BCUT2D eigenvalue weighted by molar-refractivity contribution is 5.91. The summed E-state index contributed by atoms with van der Waals surface area (Å²) in [6, 6.07) is 0.349. The monoisotopic (exact) mass is 343 g/mol. The average Bonchev–Trinajstić information content (AvgIpc) is 3.06. The highest BCUT2D eigenvalue weighted by Gasteiger charge is 2.23. The molecule has 1 N–H and O–H groups in total. The highest BCUT2D eigenvalue weighted by Crippen LogP contribution is 2.18. The number of rotatable bonds is 4. The summed E-state index contributed by atoms with van der Waals surface area (Å²) < 4.78 is 7.54. The molecule has 1 aromatic heterocycles. The Kier molecular flexibility index (Phi) is 6.80. The van der Waals surface area contributed by atoms with Gasteiger partial charge in [-0.1, -0.05) is 5.21 Å². The summed E-state index contributed by atoms with van der Waals surface area (Å²) in [5.41, 5.74) is 0.428. The largest absolute Gasteiger partial charge is 0.376 e. The molecule has 0 aliphatic carbocycles. The molecule has 1 aromatic rings. The smallest absolute Gasteiger partial charge is 0.275 e. The number of ether oxygens (including phenoxy) is 1. The van der Waals surface area contributed by atoms with Crippen molar-refractivity contribution < 1.29 is 9.53 Å². The lowest BCUT2D eigenvalue weighted by molar-refractivity contribution is -0.000293. The Bertz CT molecular complexity index is 498. The quantitative estimate of drug-likeness (QED) is 0.891. The fourth-order valence-electron chi connectivity index (χ4n) is 3.16. The predicted molar refractivity (Wildman–Crippen MR) is 89.0 cm³/mol. The number of hydrogen-bond donors (Lipinski definition) is 1. The van der Waals surface area contributed by atoms with Crippen molar-refractivity contribution in [1.29, 1.82) is 0 Å². The van der Waals surface area contributed by atoms with Crippen LogP contribution in [0.15, 0.2) is 6.20 Å². The SMILES string of the molecule is CN(CC1CCCCO1)C(=O)c1cn(C2CCNCC2)nn1.Cl. The minimum Gasteiger partial charge on any atom is -0.376 e. The molecular weight excluding hydrogens is 318 g/mol. The first-order chi connectivity index (χ1) is 10.7. The molecule has 3 rings (SSSR count). The second kappa shape index (κ2) is 8.61. The molecule has 23 heavy (non-hydrogen) atoms. The topological polar surface area (TPSA) is 72.3 Å². The minimum absolute atomic E-state index is 0. The first kappa shape index (κ1) is 18.2. The van der Waals surface area contributed by atoms with E-state index in [1.807, 2.05) is 11.7 Å². The number of piperidine rings is 1. The first-order valence-corrected chi connectivity index (χ1v) is 8.23. The van der Waals surface area contributed by atoms with Crippen molar-refractivity contribution in [3.8, 4) is 0 Å². The zero-order valence-corrected chi connectivity index (χ0v) is 14.4. The fourth-order valence-corrected chi connectivity index (χ4v) is 3.16. The molecule has 2 fully saturated rings. The molecule has 0 saturated carbocycles. The Balaban J connectivity index is 0.00000192. The van der Waals surface area contributed by atoms with Gasteiger partial charge in [0.15, 0.2) is 5.69 Å². The van der Waals surface area contributed by atoms with Gasteiger partial charge in [0.25, 0.3) is 5.91 Å². The Morgan fingerprint density at radius 1 is 1.39 bits per heavy atom. The normalized spacial score (nSPS) is 22.4. The predicted octanol–water partition coefficient (Wildman–Crippen LogP) is 1.27. The summed E-state index contributed by atoms with van der Waals surface area (Å²) in [5, 5.41) is 11.5. The van der Waals surface area contributed by atoms with Gasteiger partial charge in [-0.05, 0) is 45.2 Å². The van der Waals surface area contributed by atoms with Crippen LogP contribution in [0, 0.1) is 0 Å². The number of amides is 1. The standard InChI is InChI=1S/C15H25N5O2.ClH/c1-19(10-13-4-2-3-9-22-13)15(21)14-11-20(18-17-14)12-5-7-16-8-6-12;/h11-13,16H,2-10H2,1H3;1H. The van der Waals surface area contributed by atoms with E-state index in [0.717, 1.165) is 45.4 Å². The molecule has 130 valence electrons. The number of carbonyl (C=O) groups excluding carboxylic acids is 1. The van der Waals surface area contributed by atoms with Crippen LogP contribution in [0.4, 0.5) is 0 Å². The molecule has 7 nitrogen and oxygen atoms in total. The molecule has 2 aliphatic rings. The van der Waals surface area contributed by atoms with E-state index in [-0.39, 0.29) is 24.4 Å². The fraction of sp³-hybridized carbons (Fsp3) is 0.800. The maximum atomic E-state index is 12.5. The lowest BCUT2D eigenvalue weighted by Crippen LogP contribution is -2.37. The van der Waals surface area contributed by atoms with Crippen LogP contribution in [0.1, 0.15) is 48.6 Å². The molecule has 1 unspecified atom stereocenters.